The van der Waals surface area contributed by atoms with Crippen molar-refractivity contribution in [3.05, 3.63) is 70.8 Å². The molecule has 5 N–H and O–H groups in total. The lowest BCUT2D eigenvalue weighted by atomic mass is 9.92. The first-order valence-electron chi connectivity index (χ1n) is 11.0. The van der Waals surface area contributed by atoms with Gasteiger partial charge in [-0.05, 0) is 61.0 Å². The number of nitriles is 1. The topological polar surface area (TPSA) is 190 Å². The molecule has 11 heteroatoms. The number of hydrogen-bond acceptors (Lipinski definition) is 8. The number of rotatable bonds is 8. The molecule has 3 aromatic rings. The molecule has 0 aliphatic carbocycles. The highest BCUT2D eigenvalue weighted by atomic mass is 16.5. The molecule has 2 amide bonds. The zero-order chi connectivity index (χ0) is 28.1. The van der Waals surface area contributed by atoms with Crippen molar-refractivity contribution in [3.63, 3.8) is 0 Å². The van der Waals surface area contributed by atoms with Crippen LogP contribution in [0.5, 0.6) is 11.5 Å². The van der Waals surface area contributed by atoms with Gasteiger partial charge in [0.15, 0.2) is 5.78 Å². The molecule has 3 rings (SSSR count). The molecule has 192 valence electrons. The lowest BCUT2D eigenvalue weighted by Gasteiger charge is -2.17. The number of benzene rings is 3. The van der Waals surface area contributed by atoms with Gasteiger partial charge >= 0.3 is 5.97 Å². The number of methoxy groups -OCH3 is 1. The van der Waals surface area contributed by atoms with Crippen LogP contribution in [0.25, 0.3) is 11.1 Å². The average molecular weight is 514 g/mol. The standard InChI is InChI=1S/C27H22N4O7/c1-13(32)17-11-23(34)21(10-18(17)19-9-16(30-14(2)33)5-7-24(19)38-3)25(29)26(35)31-22-6-4-15(12-28)8-20(22)27(36)37/h4-11,29,34H,1-3H3,(H,30,33)(H,31,35)(H,36,37). The van der Waals surface area contributed by atoms with Crippen LogP contribution < -0.4 is 15.4 Å². The quantitative estimate of drug-likeness (QED) is 0.221. The molecule has 0 atom stereocenters. The van der Waals surface area contributed by atoms with Crippen LogP contribution in [-0.2, 0) is 9.59 Å². The number of nitrogens with zero attached hydrogens (tertiary/aromatic N) is 1. The normalized spacial score (nSPS) is 10.2. The van der Waals surface area contributed by atoms with Crippen LogP contribution in [0.4, 0.5) is 11.4 Å². The lowest BCUT2D eigenvalue weighted by molar-refractivity contribution is -0.114. The molecule has 0 radical (unpaired) electrons. The number of carboxylic acid groups (broad SMARTS) is 1. The van der Waals surface area contributed by atoms with Gasteiger partial charge in [0.05, 0.1) is 30.0 Å². The van der Waals surface area contributed by atoms with Crippen LogP contribution in [0, 0.1) is 16.7 Å². The van der Waals surface area contributed by atoms with Crippen LogP contribution in [0.1, 0.15) is 45.7 Å². The average Bonchev–Trinajstić information content (AvgIpc) is 2.87. The third-order valence-electron chi connectivity index (χ3n) is 5.45. The minimum absolute atomic E-state index is 0.0630. The van der Waals surface area contributed by atoms with E-state index in [1.807, 2.05) is 0 Å². The van der Waals surface area contributed by atoms with Gasteiger partial charge in [-0.25, -0.2) is 4.79 Å². The molecular weight excluding hydrogens is 492 g/mol. The van der Waals surface area contributed by atoms with Gasteiger partial charge in [-0.15, -0.1) is 0 Å². The molecule has 3 aromatic carbocycles. The van der Waals surface area contributed by atoms with Gasteiger partial charge in [-0.1, -0.05) is 0 Å². The fourth-order valence-corrected chi connectivity index (χ4v) is 3.71. The van der Waals surface area contributed by atoms with Crippen molar-refractivity contribution in [3.8, 4) is 28.7 Å². The Morgan fingerprint density at radius 1 is 0.921 bits per heavy atom. The number of carbonyl (C=O) groups is 4. The third-order valence-corrected chi connectivity index (χ3v) is 5.45. The number of aromatic hydroxyl groups is 1. The molecule has 11 nitrogen and oxygen atoms in total. The van der Waals surface area contributed by atoms with Crippen LogP contribution in [0.2, 0.25) is 0 Å². The van der Waals surface area contributed by atoms with E-state index >= 15 is 0 Å². The van der Waals surface area contributed by atoms with Crippen LogP contribution in [-0.4, -0.2) is 46.6 Å². The van der Waals surface area contributed by atoms with Crippen LogP contribution in [0.15, 0.2) is 48.5 Å². The first-order chi connectivity index (χ1) is 18.0. The molecule has 0 heterocycles. The zero-order valence-corrected chi connectivity index (χ0v) is 20.5. The van der Waals surface area contributed by atoms with E-state index in [0.717, 1.165) is 12.1 Å². The maximum Gasteiger partial charge on any atom is 0.337 e. The fourth-order valence-electron chi connectivity index (χ4n) is 3.71. The predicted molar refractivity (Wildman–Crippen MR) is 138 cm³/mol. The van der Waals surface area contributed by atoms with Gasteiger partial charge in [-0.2, -0.15) is 5.26 Å². The molecule has 0 saturated carbocycles. The molecule has 0 saturated heterocycles. The summed E-state index contributed by atoms with van der Waals surface area (Å²) in [4.78, 5) is 48.5. The summed E-state index contributed by atoms with van der Waals surface area (Å²) in [5.41, 5.74) is -0.400. The number of phenolic OH excluding ortho intramolecular Hbond substituents is 1. The summed E-state index contributed by atoms with van der Waals surface area (Å²) in [6.07, 6.45) is 0. The third kappa shape index (κ3) is 5.66. The second-order valence-electron chi connectivity index (χ2n) is 8.07. The van der Waals surface area contributed by atoms with Gasteiger partial charge in [0.1, 0.15) is 17.2 Å². The second-order valence-corrected chi connectivity index (χ2v) is 8.07. The molecular formula is C27H22N4O7. The molecule has 0 spiro atoms. The van der Waals surface area contributed by atoms with E-state index in [-0.39, 0.29) is 39.4 Å². The monoisotopic (exact) mass is 514 g/mol. The van der Waals surface area contributed by atoms with Gasteiger partial charge in [0.2, 0.25) is 5.91 Å². The smallest absolute Gasteiger partial charge is 0.337 e. The van der Waals surface area contributed by atoms with Crippen LogP contribution in [0.3, 0.4) is 0 Å². The van der Waals surface area contributed by atoms with Gasteiger partial charge in [0.25, 0.3) is 5.91 Å². The Morgan fingerprint density at radius 2 is 1.63 bits per heavy atom. The minimum Gasteiger partial charge on any atom is -0.507 e. The van der Waals surface area contributed by atoms with Crippen molar-refractivity contribution in [1.29, 1.82) is 10.7 Å². The highest BCUT2D eigenvalue weighted by Crippen LogP contribution is 2.38. The largest absolute Gasteiger partial charge is 0.507 e. The predicted octanol–water partition coefficient (Wildman–Crippen LogP) is 3.81. The first-order valence-corrected chi connectivity index (χ1v) is 11.0. The summed E-state index contributed by atoms with van der Waals surface area (Å²) in [5.74, 6) is -3.42. The number of ketones is 1. The number of anilines is 2. The Morgan fingerprint density at radius 3 is 2.21 bits per heavy atom. The molecule has 0 aliphatic rings. The Labute approximate surface area is 216 Å². The number of amides is 2. The van der Waals surface area contributed by atoms with Gasteiger partial charge in [0, 0.05) is 29.3 Å². The number of phenols is 1. The van der Waals surface area contributed by atoms with Crippen molar-refractivity contribution in [2.45, 2.75) is 13.8 Å². The Hall–Kier alpha value is -5.50. The van der Waals surface area contributed by atoms with Crippen LogP contribution >= 0.6 is 0 Å². The number of aromatic carboxylic acids is 1. The summed E-state index contributed by atoms with van der Waals surface area (Å²) in [5, 5.41) is 42.4. The zero-order valence-electron chi connectivity index (χ0n) is 20.5. The summed E-state index contributed by atoms with van der Waals surface area (Å²) in [6, 6.07) is 12.5. The molecule has 0 aromatic heterocycles. The Kier molecular flexibility index (Phi) is 7.88. The SMILES string of the molecule is COc1ccc(NC(C)=O)cc1-c1cc(C(=N)C(=O)Nc2ccc(C#N)cc2C(=O)O)c(O)cc1C(C)=O. The first kappa shape index (κ1) is 27.1. The molecule has 38 heavy (non-hydrogen) atoms. The maximum atomic E-state index is 12.9. The second kappa shape index (κ2) is 11.0. The van der Waals surface area contributed by atoms with Crippen molar-refractivity contribution in [2.24, 2.45) is 0 Å². The fraction of sp³-hybridized carbons (Fsp3) is 0.111. The lowest BCUT2D eigenvalue weighted by Crippen LogP contribution is -2.24. The number of Topliss-reactive ketones (excluding diaryl/α,β-unsaturated/α-hetero) is 1. The van der Waals surface area contributed by atoms with Crippen molar-refractivity contribution >= 4 is 40.7 Å². The molecule has 0 fully saturated rings. The number of carbonyl (C=O) groups excluding carboxylic acids is 3. The van der Waals surface area contributed by atoms with Gasteiger partial charge in [-0.3, -0.25) is 19.8 Å². The highest BCUT2D eigenvalue weighted by Gasteiger charge is 2.24. The summed E-state index contributed by atoms with van der Waals surface area (Å²) < 4.78 is 5.41. The van der Waals surface area contributed by atoms with E-state index < -0.39 is 29.1 Å². The van der Waals surface area contributed by atoms with E-state index in [0.29, 0.717) is 17.0 Å². The summed E-state index contributed by atoms with van der Waals surface area (Å²) in [6.45, 7) is 2.60. The van der Waals surface area contributed by atoms with E-state index in [4.69, 9.17) is 15.4 Å². The number of nitrogens with one attached hydrogen (secondary N) is 3. The van der Waals surface area contributed by atoms with E-state index in [9.17, 15) is 29.4 Å². The highest BCUT2D eigenvalue weighted by molar-refractivity contribution is 6.48. The van der Waals surface area contributed by atoms with Crippen molar-refractivity contribution < 1.29 is 34.1 Å². The minimum atomic E-state index is -1.40. The van der Waals surface area contributed by atoms with E-state index in [1.165, 1.54) is 39.2 Å². The Bertz CT molecular complexity index is 1550. The van der Waals surface area contributed by atoms with Gasteiger partial charge < -0.3 is 25.6 Å². The number of carboxylic acids is 1. The Balaban J connectivity index is 2.11. The van der Waals surface area contributed by atoms with Crippen molar-refractivity contribution in [1.82, 2.24) is 0 Å². The van der Waals surface area contributed by atoms with Crippen molar-refractivity contribution in [2.75, 3.05) is 17.7 Å². The summed E-state index contributed by atoms with van der Waals surface area (Å²) >= 11 is 0. The number of ether oxygens (including phenoxy) is 1. The molecule has 0 bridgehead atoms. The number of hydrogen-bond donors (Lipinski definition) is 5. The summed E-state index contributed by atoms with van der Waals surface area (Å²) in [7, 11) is 1.40. The van der Waals surface area contributed by atoms with E-state index in [2.05, 4.69) is 10.6 Å². The van der Waals surface area contributed by atoms with E-state index in [1.54, 1.807) is 24.3 Å². The molecule has 0 unspecified atom stereocenters. The molecule has 0 aliphatic heterocycles. The maximum absolute atomic E-state index is 12.9.